The van der Waals surface area contributed by atoms with Crippen LogP contribution in [0.1, 0.15) is 71.1 Å². The molecule has 0 saturated heterocycles. The van der Waals surface area contributed by atoms with Crippen LogP contribution in [0.2, 0.25) is 0 Å². The quantitative estimate of drug-likeness (QED) is 0.328. The van der Waals surface area contributed by atoms with Crippen LogP contribution in [0.5, 0.6) is 5.75 Å². The minimum Gasteiger partial charge on any atom is -0.493 e. The predicted octanol–water partition coefficient (Wildman–Crippen LogP) is 6.57. The Morgan fingerprint density at radius 3 is 2.51 bits per heavy atom. The average molecular weight is 472 g/mol. The van der Waals surface area contributed by atoms with E-state index in [1.54, 1.807) is 0 Å². The lowest BCUT2D eigenvalue weighted by Crippen LogP contribution is -2.17. The van der Waals surface area contributed by atoms with Crippen molar-refractivity contribution in [1.29, 1.82) is 0 Å². The van der Waals surface area contributed by atoms with E-state index in [-0.39, 0.29) is 23.7 Å². The number of carbonyl (C=O) groups excluding carboxylic acids is 1. The van der Waals surface area contributed by atoms with Gasteiger partial charge in [0.15, 0.2) is 0 Å². The summed E-state index contributed by atoms with van der Waals surface area (Å²) >= 11 is 0. The van der Waals surface area contributed by atoms with Crippen molar-refractivity contribution >= 4 is 17.6 Å². The molecule has 5 heteroatoms. The summed E-state index contributed by atoms with van der Waals surface area (Å²) in [6.45, 7) is 6.64. The molecule has 4 rings (SSSR count). The van der Waals surface area contributed by atoms with Gasteiger partial charge in [-0.2, -0.15) is 0 Å². The first-order chi connectivity index (χ1) is 16.8. The Labute approximate surface area is 207 Å². The minimum atomic E-state index is -0.761. The summed E-state index contributed by atoms with van der Waals surface area (Å²) in [5.41, 5.74) is 5.39. The van der Waals surface area contributed by atoms with Crippen molar-refractivity contribution in [2.75, 3.05) is 11.9 Å². The molecule has 1 fully saturated rings. The summed E-state index contributed by atoms with van der Waals surface area (Å²) in [4.78, 5) is 24.6. The average Bonchev–Trinajstić information content (AvgIpc) is 3.65. The van der Waals surface area contributed by atoms with Crippen LogP contribution in [0.15, 0.2) is 66.7 Å². The SMILES string of the molecule is Cc1ccc([C@H]2C[C@H]2C(=O)O)cc1NC(=O)c1cccc(OCCCc2ccccc2)c1C(C)C. The van der Waals surface area contributed by atoms with E-state index < -0.39 is 5.97 Å². The number of rotatable bonds is 10. The van der Waals surface area contributed by atoms with Crippen molar-refractivity contribution in [3.63, 3.8) is 0 Å². The third kappa shape index (κ3) is 5.91. The van der Waals surface area contributed by atoms with Gasteiger partial charge in [-0.1, -0.05) is 62.4 Å². The van der Waals surface area contributed by atoms with E-state index >= 15 is 0 Å². The fourth-order valence-electron chi connectivity index (χ4n) is 4.60. The number of aryl methyl sites for hydroxylation is 2. The molecule has 0 radical (unpaired) electrons. The summed E-state index contributed by atoms with van der Waals surface area (Å²) in [5.74, 6) is -0.408. The summed E-state index contributed by atoms with van der Waals surface area (Å²) in [7, 11) is 0. The number of carbonyl (C=O) groups is 2. The second-order valence-corrected chi connectivity index (χ2v) is 9.63. The zero-order valence-electron chi connectivity index (χ0n) is 20.6. The molecular formula is C30H33NO4. The molecule has 0 spiro atoms. The van der Waals surface area contributed by atoms with E-state index in [0.29, 0.717) is 24.3 Å². The van der Waals surface area contributed by atoms with Gasteiger partial charge in [-0.25, -0.2) is 0 Å². The first kappa shape index (κ1) is 24.5. The van der Waals surface area contributed by atoms with Crippen molar-refractivity contribution < 1.29 is 19.4 Å². The van der Waals surface area contributed by atoms with Crippen molar-refractivity contribution in [3.8, 4) is 5.75 Å². The van der Waals surface area contributed by atoms with Crippen LogP contribution in [0.3, 0.4) is 0 Å². The summed E-state index contributed by atoms with van der Waals surface area (Å²) in [5, 5.41) is 12.3. The Morgan fingerprint density at radius 1 is 1.06 bits per heavy atom. The summed E-state index contributed by atoms with van der Waals surface area (Å²) in [6, 6.07) is 21.8. The van der Waals surface area contributed by atoms with Gasteiger partial charge in [-0.05, 0) is 72.9 Å². The van der Waals surface area contributed by atoms with Crippen molar-refractivity contribution in [1.82, 2.24) is 0 Å². The molecule has 2 N–H and O–H groups in total. The zero-order chi connectivity index (χ0) is 24.9. The molecule has 3 aromatic carbocycles. The van der Waals surface area contributed by atoms with Crippen molar-refractivity contribution in [2.24, 2.45) is 5.92 Å². The highest BCUT2D eigenvalue weighted by atomic mass is 16.5. The molecule has 3 aromatic rings. The number of ether oxygens (including phenoxy) is 1. The molecule has 0 aliphatic heterocycles. The predicted molar refractivity (Wildman–Crippen MR) is 138 cm³/mol. The Hall–Kier alpha value is -3.60. The van der Waals surface area contributed by atoms with Gasteiger partial charge in [-0.3, -0.25) is 9.59 Å². The molecule has 1 aliphatic carbocycles. The van der Waals surface area contributed by atoms with Gasteiger partial charge >= 0.3 is 5.97 Å². The number of anilines is 1. The number of hydrogen-bond donors (Lipinski definition) is 2. The lowest BCUT2D eigenvalue weighted by atomic mass is 9.95. The number of nitrogens with one attached hydrogen (secondary N) is 1. The van der Waals surface area contributed by atoms with Gasteiger partial charge in [0.1, 0.15) is 5.75 Å². The molecule has 1 saturated carbocycles. The molecule has 5 nitrogen and oxygen atoms in total. The van der Waals surface area contributed by atoms with E-state index in [1.165, 1.54) is 5.56 Å². The van der Waals surface area contributed by atoms with Gasteiger partial charge in [0.05, 0.1) is 12.5 Å². The zero-order valence-corrected chi connectivity index (χ0v) is 20.6. The Bertz CT molecular complexity index is 1200. The first-order valence-electron chi connectivity index (χ1n) is 12.3. The molecule has 0 aromatic heterocycles. The van der Waals surface area contributed by atoms with Gasteiger partial charge < -0.3 is 15.2 Å². The van der Waals surface area contributed by atoms with Crippen LogP contribution in [0.25, 0.3) is 0 Å². The molecular weight excluding hydrogens is 438 g/mol. The maximum atomic E-state index is 13.4. The second-order valence-electron chi connectivity index (χ2n) is 9.63. The Kier molecular flexibility index (Phi) is 7.54. The lowest BCUT2D eigenvalue weighted by Gasteiger charge is -2.19. The Morgan fingerprint density at radius 2 is 1.83 bits per heavy atom. The minimum absolute atomic E-state index is 0.0163. The van der Waals surface area contributed by atoms with Crippen molar-refractivity contribution in [3.05, 3.63) is 94.5 Å². The largest absolute Gasteiger partial charge is 0.493 e. The smallest absolute Gasteiger partial charge is 0.307 e. The van der Waals surface area contributed by atoms with Gasteiger partial charge in [0.25, 0.3) is 5.91 Å². The van der Waals surface area contributed by atoms with Gasteiger partial charge in [0, 0.05) is 16.8 Å². The number of carboxylic acid groups (broad SMARTS) is 1. The molecule has 0 heterocycles. The molecule has 182 valence electrons. The van der Waals surface area contributed by atoms with Gasteiger partial charge in [-0.15, -0.1) is 0 Å². The fraction of sp³-hybridized carbons (Fsp3) is 0.333. The second kappa shape index (κ2) is 10.8. The van der Waals surface area contributed by atoms with E-state index in [4.69, 9.17) is 4.74 Å². The van der Waals surface area contributed by atoms with Crippen LogP contribution in [0, 0.1) is 12.8 Å². The lowest BCUT2D eigenvalue weighted by molar-refractivity contribution is -0.138. The normalized spacial score (nSPS) is 16.7. The highest BCUT2D eigenvalue weighted by molar-refractivity contribution is 6.06. The summed E-state index contributed by atoms with van der Waals surface area (Å²) in [6.07, 6.45) is 2.48. The highest BCUT2D eigenvalue weighted by Gasteiger charge is 2.44. The Balaban J connectivity index is 1.47. The third-order valence-electron chi connectivity index (χ3n) is 6.64. The molecule has 0 unspecified atom stereocenters. The van der Waals surface area contributed by atoms with E-state index in [1.807, 2.05) is 61.5 Å². The number of amides is 1. The van der Waals surface area contributed by atoms with Crippen LogP contribution < -0.4 is 10.1 Å². The number of benzene rings is 3. The molecule has 35 heavy (non-hydrogen) atoms. The molecule has 2 atom stereocenters. The van der Waals surface area contributed by atoms with Crippen LogP contribution in [-0.4, -0.2) is 23.6 Å². The summed E-state index contributed by atoms with van der Waals surface area (Å²) < 4.78 is 6.14. The third-order valence-corrected chi connectivity index (χ3v) is 6.64. The van der Waals surface area contributed by atoms with Crippen LogP contribution in [-0.2, 0) is 11.2 Å². The molecule has 0 bridgehead atoms. The van der Waals surface area contributed by atoms with Crippen LogP contribution >= 0.6 is 0 Å². The molecule has 1 amide bonds. The van der Waals surface area contributed by atoms with Crippen LogP contribution in [0.4, 0.5) is 5.69 Å². The molecule has 1 aliphatic rings. The number of aliphatic carboxylic acids is 1. The maximum absolute atomic E-state index is 13.4. The number of carboxylic acids is 1. The standard InChI is InChI=1S/C30H33NO4/c1-19(2)28-23(12-7-13-27(28)35-16-8-11-21-9-5-4-6-10-21)29(32)31-26-17-22(15-14-20(26)3)24-18-25(24)30(33)34/h4-7,9-10,12-15,17,19,24-25H,8,11,16,18H2,1-3H3,(H,31,32)(H,33,34)/t24-,25-/m1/s1. The topological polar surface area (TPSA) is 75.6 Å². The van der Waals surface area contributed by atoms with E-state index in [0.717, 1.165) is 35.3 Å². The highest BCUT2D eigenvalue weighted by Crippen LogP contribution is 2.48. The fourth-order valence-corrected chi connectivity index (χ4v) is 4.60. The monoisotopic (exact) mass is 471 g/mol. The van der Waals surface area contributed by atoms with Crippen molar-refractivity contribution in [2.45, 2.75) is 51.9 Å². The first-order valence-corrected chi connectivity index (χ1v) is 12.3. The van der Waals surface area contributed by atoms with E-state index in [9.17, 15) is 14.7 Å². The van der Waals surface area contributed by atoms with Gasteiger partial charge in [0.2, 0.25) is 0 Å². The number of hydrogen-bond acceptors (Lipinski definition) is 3. The maximum Gasteiger partial charge on any atom is 0.307 e. The van der Waals surface area contributed by atoms with E-state index in [2.05, 4.69) is 31.3 Å².